The average Bonchev–Trinajstić information content (AvgIpc) is 3.51. The molecule has 1 fully saturated rings. The van der Waals surface area contributed by atoms with Crippen molar-refractivity contribution < 1.29 is 22.8 Å². The molecule has 38 heavy (non-hydrogen) atoms. The Labute approximate surface area is 223 Å². The Bertz CT molecular complexity index is 1360. The van der Waals surface area contributed by atoms with Crippen LogP contribution in [0.4, 0.5) is 5.82 Å². The third-order valence-corrected chi connectivity index (χ3v) is 8.49. The summed E-state index contributed by atoms with van der Waals surface area (Å²) in [5.74, 6) is 2.42. The molecule has 3 N–H and O–H groups in total. The van der Waals surface area contributed by atoms with Crippen LogP contribution in [0.3, 0.4) is 0 Å². The molecule has 11 nitrogen and oxygen atoms in total. The Kier molecular flexibility index (Phi) is 8.66. The van der Waals surface area contributed by atoms with Crippen LogP contribution in [0.25, 0.3) is 22.6 Å². The van der Waals surface area contributed by atoms with Gasteiger partial charge in [0.15, 0.2) is 5.82 Å². The number of aryl methyl sites for hydroxylation is 2. The van der Waals surface area contributed by atoms with Gasteiger partial charge in [0.05, 0.1) is 22.7 Å². The number of sulfonamides is 1. The molecule has 3 aromatic rings. The fourth-order valence-electron chi connectivity index (χ4n) is 4.54. The Morgan fingerprint density at radius 1 is 1.26 bits per heavy atom. The summed E-state index contributed by atoms with van der Waals surface area (Å²) in [6, 6.07) is 7.32. The molecule has 2 unspecified atom stereocenters. The van der Waals surface area contributed by atoms with E-state index in [4.69, 9.17) is 19.2 Å². The maximum atomic E-state index is 12.4. The minimum Gasteiger partial charge on any atom is -0.491 e. The first-order valence-corrected chi connectivity index (χ1v) is 14.4. The highest BCUT2D eigenvalue weighted by molar-refractivity contribution is 7.89. The van der Waals surface area contributed by atoms with Crippen molar-refractivity contribution in [3.05, 3.63) is 41.3 Å². The molecule has 1 aromatic carbocycles. The molecule has 0 bridgehead atoms. The zero-order valence-electron chi connectivity index (χ0n) is 22.5. The smallest absolute Gasteiger partial charge is 0.213 e. The molecule has 1 saturated heterocycles. The van der Waals surface area contributed by atoms with E-state index in [1.165, 1.54) is 4.31 Å². The number of benzene rings is 1. The van der Waals surface area contributed by atoms with Gasteiger partial charge in [-0.05, 0) is 53.3 Å². The van der Waals surface area contributed by atoms with E-state index >= 15 is 0 Å². The molecule has 0 saturated carbocycles. The summed E-state index contributed by atoms with van der Waals surface area (Å²) in [6.07, 6.45) is 0.0421. The maximum absolute atomic E-state index is 12.4. The molecule has 1 aliphatic heterocycles. The largest absolute Gasteiger partial charge is 0.491 e. The molecule has 3 heterocycles. The van der Waals surface area contributed by atoms with Crippen molar-refractivity contribution >= 4 is 15.8 Å². The van der Waals surface area contributed by atoms with Crippen molar-refractivity contribution in [3.63, 3.8) is 0 Å². The van der Waals surface area contributed by atoms with E-state index in [1.807, 2.05) is 45.0 Å². The SMILES string of the molecule is CCS(=O)(=O)N1CCC(Nc2nc(-c3cccc(OCC(O)CNC)c3)nc(-c3c(C)noc3C)c2C)C1. The molecule has 2 atom stereocenters. The lowest BCUT2D eigenvalue weighted by Crippen LogP contribution is -2.33. The molecular weight excluding hydrogens is 508 g/mol. The predicted molar refractivity (Wildman–Crippen MR) is 146 cm³/mol. The lowest BCUT2D eigenvalue weighted by atomic mass is 10.0. The summed E-state index contributed by atoms with van der Waals surface area (Å²) in [5.41, 5.74) is 3.78. The Balaban J connectivity index is 1.70. The van der Waals surface area contributed by atoms with E-state index in [1.54, 1.807) is 14.0 Å². The molecule has 0 radical (unpaired) electrons. The Morgan fingerprint density at radius 2 is 2.05 bits per heavy atom. The van der Waals surface area contributed by atoms with Crippen LogP contribution in [0, 0.1) is 20.8 Å². The van der Waals surface area contributed by atoms with E-state index < -0.39 is 16.1 Å². The fraction of sp³-hybridized carbons (Fsp3) is 0.500. The molecule has 206 valence electrons. The number of aromatic nitrogens is 3. The van der Waals surface area contributed by atoms with Gasteiger partial charge in [-0.2, -0.15) is 4.31 Å². The van der Waals surface area contributed by atoms with Gasteiger partial charge in [-0.3, -0.25) is 0 Å². The number of hydrogen-bond acceptors (Lipinski definition) is 10. The normalized spacial score (nSPS) is 17.1. The van der Waals surface area contributed by atoms with Crippen molar-refractivity contribution in [1.82, 2.24) is 24.7 Å². The number of aliphatic hydroxyl groups excluding tert-OH is 1. The summed E-state index contributed by atoms with van der Waals surface area (Å²) >= 11 is 0. The highest BCUT2D eigenvalue weighted by Crippen LogP contribution is 2.34. The lowest BCUT2D eigenvalue weighted by molar-refractivity contribution is 0.108. The molecule has 4 rings (SSSR count). The number of rotatable bonds is 11. The number of nitrogens with zero attached hydrogens (tertiary/aromatic N) is 4. The van der Waals surface area contributed by atoms with E-state index in [0.29, 0.717) is 54.9 Å². The second-order valence-electron chi connectivity index (χ2n) is 9.51. The van der Waals surface area contributed by atoms with Crippen LogP contribution in [-0.4, -0.2) is 84.1 Å². The van der Waals surface area contributed by atoms with Crippen LogP contribution in [-0.2, 0) is 10.0 Å². The van der Waals surface area contributed by atoms with Gasteiger partial charge in [0, 0.05) is 36.8 Å². The first-order chi connectivity index (χ1) is 18.1. The van der Waals surface area contributed by atoms with Gasteiger partial charge in [0.2, 0.25) is 10.0 Å². The van der Waals surface area contributed by atoms with Crippen molar-refractivity contribution in [2.75, 3.05) is 44.4 Å². The van der Waals surface area contributed by atoms with Crippen molar-refractivity contribution in [1.29, 1.82) is 0 Å². The van der Waals surface area contributed by atoms with Crippen LogP contribution in [0.2, 0.25) is 0 Å². The number of likely N-dealkylation sites (N-methyl/N-ethyl adjacent to an activating group) is 1. The third kappa shape index (κ3) is 6.15. The van der Waals surface area contributed by atoms with Crippen LogP contribution in [0.5, 0.6) is 5.75 Å². The molecule has 0 spiro atoms. The summed E-state index contributed by atoms with van der Waals surface area (Å²) in [5, 5.41) is 20.5. The van der Waals surface area contributed by atoms with Gasteiger partial charge in [-0.15, -0.1) is 0 Å². The van der Waals surface area contributed by atoms with Gasteiger partial charge < -0.3 is 25.0 Å². The van der Waals surface area contributed by atoms with E-state index in [0.717, 1.165) is 22.4 Å². The standard InChI is InChI=1S/C26H36N6O5S/c1-6-38(34,35)32-11-10-20(14-32)28-25-16(2)24(23-17(3)31-37-18(23)4)29-26(30-25)19-8-7-9-22(12-19)36-15-21(33)13-27-5/h7-9,12,20-21,27,33H,6,10-11,13-15H2,1-5H3,(H,28,29,30). The molecule has 1 aliphatic rings. The van der Waals surface area contributed by atoms with Crippen LogP contribution in [0.15, 0.2) is 28.8 Å². The molecule has 12 heteroatoms. The Hall–Kier alpha value is -3.06. The number of aliphatic hydroxyl groups is 1. The summed E-state index contributed by atoms with van der Waals surface area (Å²) < 4.78 is 37.5. The quantitative estimate of drug-likeness (QED) is 0.329. The van der Waals surface area contributed by atoms with Crippen molar-refractivity contribution in [2.24, 2.45) is 0 Å². The topological polar surface area (TPSA) is 143 Å². The fourth-order valence-corrected chi connectivity index (χ4v) is 5.69. The van der Waals surface area contributed by atoms with Gasteiger partial charge in [0.25, 0.3) is 0 Å². The first kappa shape index (κ1) is 28.0. The van der Waals surface area contributed by atoms with E-state index in [9.17, 15) is 13.5 Å². The van der Waals surface area contributed by atoms with Crippen LogP contribution < -0.4 is 15.4 Å². The average molecular weight is 545 g/mol. The zero-order valence-corrected chi connectivity index (χ0v) is 23.3. The summed E-state index contributed by atoms with van der Waals surface area (Å²) in [4.78, 5) is 9.76. The van der Waals surface area contributed by atoms with Crippen molar-refractivity contribution in [3.8, 4) is 28.4 Å². The van der Waals surface area contributed by atoms with Gasteiger partial charge >= 0.3 is 0 Å². The molecular formula is C26H36N6O5S. The highest BCUT2D eigenvalue weighted by atomic mass is 32.2. The summed E-state index contributed by atoms with van der Waals surface area (Å²) in [7, 11) is -1.48. The second-order valence-corrected chi connectivity index (χ2v) is 11.8. The summed E-state index contributed by atoms with van der Waals surface area (Å²) in [6.45, 7) is 8.74. The first-order valence-electron chi connectivity index (χ1n) is 12.7. The van der Waals surface area contributed by atoms with Gasteiger partial charge in [0.1, 0.15) is 30.0 Å². The monoisotopic (exact) mass is 544 g/mol. The number of hydrogen-bond donors (Lipinski definition) is 3. The van der Waals surface area contributed by atoms with Gasteiger partial charge in [-0.25, -0.2) is 18.4 Å². The van der Waals surface area contributed by atoms with E-state index in [2.05, 4.69) is 15.8 Å². The molecule has 0 aliphatic carbocycles. The minimum atomic E-state index is -3.26. The second kappa shape index (κ2) is 11.8. The van der Waals surface area contributed by atoms with Gasteiger partial charge in [-0.1, -0.05) is 17.3 Å². The third-order valence-electron chi connectivity index (χ3n) is 6.64. The van der Waals surface area contributed by atoms with E-state index in [-0.39, 0.29) is 18.4 Å². The predicted octanol–water partition coefficient (Wildman–Crippen LogP) is 2.52. The Morgan fingerprint density at radius 3 is 2.74 bits per heavy atom. The van der Waals surface area contributed by atoms with Crippen LogP contribution >= 0.6 is 0 Å². The molecule has 0 amide bonds. The number of nitrogens with one attached hydrogen (secondary N) is 2. The lowest BCUT2D eigenvalue weighted by Gasteiger charge is -2.19. The molecule has 2 aromatic heterocycles. The number of ether oxygens (including phenoxy) is 1. The van der Waals surface area contributed by atoms with Crippen molar-refractivity contribution in [2.45, 2.75) is 46.3 Å². The highest BCUT2D eigenvalue weighted by Gasteiger charge is 2.31. The maximum Gasteiger partial charge on any atom is 0.213 e. The van der Waals surface area contributed by atoms with Crippen LogP contribution in [0.1, 0.15) is 30.4 Å². The minimum absolute atomic E-state index is 0.0803. The zero-order chi connectivity index (χ0) is 27.4. The number of anilines is 1.